The number of hydrogen-bond donors (Lipinski definition) is 1. The van der Waals surface area contributed by atoms with Gasteiger partial charge in [0, 0.05) is 43.6 Å². The topological polar surface area (TPSA) is 50.2 Å². The maximum atomic E-state index is 12.7. The molecular formula is C19H24N4O. The van der Waals surface area contributed by atoms with E-state index in [9.17, 15) is 4.79 Å². The Hall–Kier alpha value is -2.14. The summed E-state index contributed by atoms with van der Waals surface area (Å²) in [7, 11) is 0. The van der Waals surface area contributed by atoms with Gasteiger partial charge in [0.25, 0.3) is 0 Å². The first kappa shape index (κ1) is 15.4. The molecule has 2 atom stereocenters. The van der Waals surface area contributed by atoms with E-state index in [0.717, 1.165) is 44.0 Å². The highest BCUT2D eigenvalue weighted by molar-refractivity contribution is 5.99. The highest BCUT2D eigenvalue weighted by Crippen LogP contribution is 2.26. The molecule has 1 N–H and O–H groups in total. The molecular weight excluding hydrogens is 300 g/mol. The lowest BCUT2D eigenvalue weighted by Gasteiger charge is -2.25. The Morgan fingerprint density at radius 2 is 2.04 bits per heavy atom. The quantitative estimate of drug-likeness (QED) is 0.940. The summed E-state index contributed by atoms with van der Waals surface area (Å²) < 4.78 is 2.24. The smallest absolute Gasteiger partial charge is 0.244 e. The van der Waals surface area contributed by atoms with Crippen LogP contribution in [0, 0.1) is 6.92 Å². The van der Waals surface area contributed by atoms with Crippen LogP contribution in [0.25, 0.3) is 0 Å². The number of amides is 1. The van der Waals surface area contributed by atoms with Gasteiger partial charge in [-0.15, -0.1) is 0 Å². The van der Waals surface area contributed by atoms with Crippen LogP contribution in [-0.2, 0) is 11.3 Å². The maximum absolute atomic E-state index is 12.7. The second kappa shape index (κ2) is 6.40. The number of imidazole rings is 1. The van der Waals surface area contributed by atoms with Crippen molar-refractivity contribution in [3.05, 3.63) is 48.0 Å². The zero-order chi connectivity index (χ0) is 16.5. The van der Waals surface area contributed by atoms with E-state index in [-0.39, 0.29) is 11.9 Å². The number of hydrogen-bond acceptors (Lipinski definition) is 3. The van der Waals surface area contributed by atoms with E-state index in [1.807, 2.05) is 23.2 Å². The molecule has 0 saturated carbocycles. The number of carbonyl (C=O) groups excluding carboxylic acids is 1. The van der Waals surface area contributed by atoms with Crippen LogP contribution < -0.4 is 10.2 Å². The average molecular weight is 324 g/mol. The summed E-state index contributed by atoms with van der Waals surface area (Å²) in [5.41, 5.74) is 2.22. The number of nitrogens with one attached hydrogen (secondary N) is 1. The molecule has 24 heavy (non-hydrogen) atoms. The molecule has 1 fully saturated rings. The molecule has 1 aromatic heterocycles. The van der Waals surface area contributed by atoms with Crippen molar-refractivity contribution in [2.75, 3.05) is 18.0 Å². The van der Waals surface area contributed by atoms with Crippen molar-refractivity contribution in [1.29, 1.82) is 0 Å². The first-order valence-electron chi connectivity index (χ1n) is 8.85. The molecule has 2 aromatic rings. The molecule has 0 bridgehead atoms. The predicted molar refractivity (Wildman–Crippen MR) is 94.1 cm³/mol. The number of anilines is 1. The fraction of sp³-hybridized carbons (Fsp3) is 0.474. The Bertz CT molecular complexity index is 721. The molecule has 0 spiro atoms. The minimum absolute atomic E-state index is 0.0726. The summed E-state index contributed by atoms with van der Waals surface area (Å²) in [4.78, 5) is 19.1. The summed E-state index contributed by atoms with van der Waals surface area (Å²) in [6, 6.07) is 8.12. The largest absolute Gasteiger partial charge is 0.335 e. The van der Waals surface area contributed by atoms with Gasteiger partial charge < -0.3 is 14.8 Å². The number of carbonyl (C=O) groups is 1. The van der Waals surface area contributed by atoms with Crippen LogP contribution in [0.1, 0.15) is 36.6 Å². The number of fused-ring (bicyclic) bond motifs is 1. The lowest BCUT2D eigenvalue weighted by atomic mass is 9.98. The fourth-order valence-corrected chi connectivity index (χ4v) is 3.84. The van der Waals surface area contributed by atoms with Gasteiger partial charge in [-0.3, -0.25) is 4.79 Å². The second-order valence-corrected chi connectivity index (χ2v) is 6.89. The Balaban J connectivity index is 1.39. The standard InChI is InChI=1S/C19H24N4O/c1-14-4-6-16(7-5-14)23-11-8-17(19(23)24)21-13-15-3-2-10-22-12-9-20-18(15)22/h4-7,9,12,15,17,21H,2-3,8,10-11,13H2,1H3/t15-,17-/m0/s1. The molecule has 0 radical (unpaired) electrons. The van der Waals surface area contributed by atoms with Gasteiger partial charge in [-0.05, 0) is 38.3 Å². The molecule has 2 aliphatic heterocycles. The number of nitrogens with zero attached hydrogens (tertiary/aromatic N) is 3. The Kier molecular flexibility index (Phi) is 4.10. The number of benzene rings is 1. The molecule has 5 heteroatoms. The van der Waals surface area contributed by atoms with Gasteiger partial charge in [-0.2, -0.15) is 0 Å². The van der Waals surface area contributed by atoms with Gasteiger partial charge in [0.1, 0.15) is 5.82 Å². The molecule has 0 unspecified atom stereocenters. The van der Waals surface area contributed by atoms with E-state index < -0.39 is 0 Å². The monoisotopic (exact) mass is 324 g/mol. The first-order chi connectivity index (χ1) is 11.7. The summed E-state index contributed by atoms with van der Waals surface area (Å²) in [6.45, 7) is 4.75. The van der Waals surface area contributed by atoms with Crippen molar-refractivity contribution in [2.45, 2.75) is 44.7 Å². The summed E-state index contributed by atoms with van der Waals surface area (Å²) >= 11 is 0. The van der Waals surface area contributed by atoms with Gasteiger partial charge in [0.15, 0.2) is 0 Å². The number of aromatic nitrogens is 2. The third kappa shape index (κ3) is 2.84. The predicted octanol–water partition coefficient (Wildman–Crippen LogP) is 2.46. The van der Waals surface area contributed by atoms with Crippen LogP contribution in [-0.4, -0.2) is 34.6 Å². The Morgan fingerprint density at radius 1 is 1.21 bits per heavy atom. The van der Waals surface area contributed by atoms with E-state index in [4.69, 9.17) is 0 Å². The molecule has 0 aliphatic carbocycles. The molecule has 5 nitrogen and oxygen atoms in total. The molecule has 1 saturated heterocycles. The summed E-state index contributed by atoms with van der Waals surface area (Å²) in [6.07, 6.45) is 7.14. The maximum Gasteiger partial charge on any atom is 0.244 e. The average Bonchev–Trinajstić information content (AvgIpc) is 3.21. The van der Waals surface area contributed by atoms with Gasteiger partial charge in [0.05, 0.1) is 6.04 Å². The summed E-state index contributed by atoms with van der Waals surface area (Å²) in [5.74, 6) is 1.77. The highest BCUT2D eigenvalue weighted by atomic mass is 16.2. The number of aryl methyl sites for hydroxylation is 2. The van der Waals surface area contributed by atoms with E-state index in [0.29, 0.717) is 5.92 Å². The zero-order valence-corrected chi connectivity index (χ0v) is 14.1. The fourth-order valence-electron chi connectivity index (χ4n) is 3.84. The van der Waals surface area contributed by atoms with Crippen LogP contribution in [0.3, 0.4) is 0 Å². The van der Waals surface area contributed by atoms with Gasteiger partial charge >= 0.3 is 0 Å². The van der Waals surface area contributed by atoms with Crippen molar-refractivity contribution >= 4 is 11.6 Å². The zero-order valence-electron chi connectivity index (χ0n) is 14.1. The lowest BCUT2D eigenvalue weighted by molar-refractivity contribution is -0.118. The molecule has 1 aromatic carbocycles. The van der Waals surface area contributed by atoms with Crippen LogP contribution in [0.5, 0.6) is 0 Å². The molecule has 4 rings (SSSR count). The number of rotatable bonds is 4. The van der Waals surface area contributed by atoms with Gasteiger partial charge in [-0.25, -0.2) is 4.98 Å². The Labute approximate surface area is 142 Å². The van der Waals surface area contributed by atoms with E-state index >= 15 is 0 Å². The van der Waals surface area contributed by atoms with Crippen LogP contribution in [0.15, 0.2) is 36.7 Å². The molecule has 1 amide bonds. The minimum atomic E-state index is -0.0726. The normalized spacial score (nSPS) is 23.5. The van der Waals surface area contributed by atoms with Crippen molar-refractivity contribution < 1.29 is 4.79 Å². The van der Waals surface area contributed by atoms with Crippen LogP contribution >= 0.6 is 0 Å². The van der Waals surface area contributed by atoms with Crippen molar-refractivity contribution in [1.82, 2.24) is 14.9 Å². The Morgan fingerprint density at radius 3 is 2.88 bits per heavy atom. The SMILES string of the molecule is Cc1ccc(N2CC[C@H](NC[C@@H]3CCCn4ccnc43)C2=O)cc1. The van der Waals surface area contributed by atoms with Crippen LogP contribution in [0.2, 0.25) is 0 Å². The lowest BCUT2D eigenvalue weighted by Crippen LogP contribution is -2.40. The van der Waals surface area contributed by atoms with Crippen LogP contribution in [0.4, 0.5) is 5.69 Å². The van der Waals surface area contributed by atoms with Crippen molar-refractivity contribution in [2.24, 2.45) is 0 Å². The third-order valence-electron chi connectivity index (χ3n) is 5.23. The molecule has 2 aliphatic rings. The van der Waals surface area contributed by atoms with E-state index in [1.54, 1.807) is 0 Å². The minimum Gasteiger partial charge on any atom is -0.335 e. The van der Waals surface area contributed by atoms with Crippen molar-refractivity contribution in [3.8, 4) is 0 Å². The third-order valence-corrected chi connectivity index (χ3v) is 5.23. The highest BCUT2D eigenvalue weighted by Gasteiger charge is 2.33. The van der Waals surface area contributed by atoms with Gasteiger partial charge in [-0.1, -0.05) is 17.7 Å². The first-order valence-corrected chi connectivity index (χ1v) is 8.85. The van der Waals surface area contributed by atoms with E-state index in [2.05, 4.69) is 40.1 Å². The van der Waals surface area contributed by atoms with Gasteiger partial charge in [0.2, 0.25) is 5.91 Å². The van der Waals surface area contributed by atoms with E-state index in [1.165, 1.54) is 12.0 Å². The molecule has 126 valence electrons. The van der Waals surface area contributed by atoms with Crippen molar-refractivity contribution in [3.63, 3.8) is 0 Å². The second-order valence-electron chi connectivity index (χ2n) is 6.89. The molecule has 3 heterocycles. The summed E-state index contributed by atoms with van der Waals surface area (Å²) in [5, 5.41) is 3.50.